The minimum absolute atomic E-state index is 0.0249. The van der Waals surface area contributed by atoms with Crippen LogP contribution in [0.1, 0.15) is 39.0 Å². The van der Waals surface area contributed by atoms with Crippen molar-refractivity contribution >= 4 is 0 Å². The van der Waals surface area contributed by atoms with E-state index in [1.165, 1.54) is 32.1 Å². The lowest BCUT2D eigenvalue weighted by Gasteiger charge is -2.43. The molecule has 2 fully saturated rings. The maximum absolute atomic E-state index is 9.74. The van der Waals surface area contributed by atoms with E-state index in [-0.39, 0.29) is 5.54 Å². The Labute approximate surface area is 99.2 Å². The molecule has 94 valence electrons. The van der Waals surface area contributed by atoms with Crippen molar-refractivity contribution in [3.8, 4) is 0 Å². The third kappa shape index (κ3) is 2.76. The van der Waals surface area contributed by atoms with Crippen molar-refractivity contribution in [2.75, 3.05) is 32.8 Å². The highest BCUT2D eigenvalue weighted by Gasteiger charge is 2.35. The van der Waals surface area contributed by atoms with Gasteiger partial charge in [-0.05, 0) is 32.2 Å². The summed E-state index contributed by atoms with van der Waals surface area (Å²) in [6.45, 7) is 6.97. The zero-order valence-electron chi connectivity index (χ0n) is 10.5. The molecule has 1 saturated heterocycles. The number of hydrogen-bond donors (Lipinski definition) is 2. The van der Waals surface area contributed by atoms with Gasteiger partial charge >= 0.3 is 0 Å². The summed E-state index contributed by atoms with van der Waals surface area (Å²) >= 11 is 0. The van der Waals surface area contributed by atoms with E-state index in [1.807, 2.05) is 0 Å². The van der Waals surface area contributed by atoms with E-state index >= 15 is 0 Å². The quantitative estimate of drug-likeness (QED) is 0.756. The van der Waals surface area contributed by atoms with Gasteiger partial charge in [0.2, 0.25) is 0 Å². The van der Waals surface area contributed by atoms with E-state index in [1.54, 1.807) is 0 Å². The minimum Gasteiger partial charge on any atom is -0.394 e. The second-order valence-electron chi connectivity index (χ2n) is 5.75. The fraction of sp³-hybridized carbons (Fsp3) is 1.00. The number of hydrogen-bond acceptors (Lipinski definition) is 3. The molecule has 0 radical (unpaired) electrons. The fourth-order valence-electron chi connectivity index (χ4n) is 3.00. The molecule has 0 spiro atoms. The van der Waals surface area contributed by atoms with Crippen molar-refractivity contribution in [3.05, 3.63) is 0 Å². The van der Waals surface area contributed by atoms with Crippen LogP contribution >= 0.6 is 0 Å². The first-order valence-corrected chi connectivity index (χ1v) is 6.81. The monoisotopic (exact) mass is 226 g/mol. The van der Waals surface area contributed by atoms with E-state index in [0.29, 0.717) is 6.61 Å². The van der Waals surface area contributed by atoms with Crippen molar-refractivity contribution in [1.82, 2.24) is 10.2 Å². The van der Waals surface area contributed by atoms with E-state index in [2.05, 4.69) is 17.1 Å². The fourth-order valence-corrected chi connectivity index (χ4v) is 3.00. The summed E-state index contributed by atoms with van der Waals surface area (Å²) in [4.78, 5) is 2.51. The Bertz CT molecular complexity index is 210. The Morgan fingerprint density at radius 3 is 2.69 bits per heavy atom. The first-order valence-electron chi connectivity index (χ1n) is 6.81. The molecule has 0 aromatic carbocycles. The molecule has 1 aliphatic heterocycles. The lowest BCUT2D eigenvalue weighted by Crippen LogP contribution is -2.52. The van der Waals surface area contributed by atoms with Gasteiger partial charge in [0, 0.05) is 25.2 Å². The molecular weight excluding hydrogens is 200 g/mol. The molecule has 1 unspecified atom stereocenters. The molecule has 2 aliphatic rings. The van der Waals surface area contributed by atoms with Crippen LogP contribution in [0.25, 0.3) is 0 Å². The largest absolute Gasteiger partial charge is 0.394 e. The predicted molar refractivity (Wildman–Crippen MR) is 66.5 cm³/mol. The van der Waals surface area contributed by atoms with Crippen LogP contribution in [0.3, 0.4) is 0 Å². The molecule has 3 heteroatoms. The maximum Gasteiger partial charge on any atom is 0.0612 e. The summed E-state index contributed by atoms with van der Waals surface area (Å²) in [5.74, 6) is 0.869. The number of aliphatic hydroxyl groups is 1. The smallest absolute Gasteiger partial charge is 0.0612 e. The Kier molecular flexibility index (Phi) is 4.22. The average molecular weight is 226 g/mol. The van der Waals surface area contributed by atoms with E-state index < -0.39 is 0 Å². The average Bonchev–Trinajstić information content (AvgIpc) is 2.52. The maximum atomic E-state index is 9.74. The van der Waals surface area contributed by atoms with Crippen LogP contribution in [0.5, 0.6) is 0 Å². The first-order chi connectivity index (χ1) is 7.74. The second-order valence-corrected chi connectivity index (χ2v) is 5.75. The third-order valence-electron chi connectivity index (χ3n) is 4.40. The van der Waals surface area contributed by atoms with Gasteiger partial charge in [-0.3, -0.25) is 4.90 Å². The highest BCUT2D eigenvalue weighted by Crippen LogP contribution is 2.36. The van der Waals surface area contributed by atoms with Crippen molar-refractivity contribution in [3.63, 3.8) is 0 Å². The van der Waals surface area contributed by atoms with Crippen molar-refractivity contribution in [1.29, 1.82) is 0 Å². The highest BCUT2D eigenvalue weighted by molar-refractivity contribution is 4.91. The summed E-state index contributed by atoms with van der Waals surface area (Å²) in [5, 5.41) is 13.2. The number of aliphatic hydroxyl groups excluding tert-OH is 1. The van der Waals surface area contributed by atoms with Crippen LogP contribution in [0, 0.1) is 5.92 Å². The molecular formula is C13H26N2O. The van der Waals surface area contributed by atoms with Gasteiger partial charge in [-0.25, -0.2) is 0 Å². The van der Waals surface area contributed by atoms with E-state index in [9.17, 15) is 5.11 Å². The molecule has 1 atom stereocenters. The standard InChI is InChI=1S/C13H26N2O/c1-13(11-16,10-12-4-2-5-12)15-8-3-6-14-7-9-15/h12,14,16H,2-11H2,1H3. The molecule has 0 aromatic heterocycles. The van der Waals surface area contributed by atoms with Gasteiger partial charge in [0.1, 0.15) is 0 Å². The van der Waals surface area contributed by atoms with Crippen LogP contribution in [0.4, 0.5) is 0 Å². The Morgan fingerprint density at radius 2 is 2.06 bits per heavy atom. The number of nitrogens with one attached hydrogen (secondary N) is 1. The van der Waals surface area contributed by atoms with Crippen molar-refractivity contribution in [2.24, 2.45) is 5.92 Å². The van der Waals surface area contributed by atoms with Gasteiger partial charge in [0.05, 0.1) is 6.61 Å². The molecule has 1 heterocycles. The lowest BCUT2D eigenvalue weighted by molar-refractivity contribution is 0.0175. The van der Waals surface area contributed by atoms with Crippen LogP contribution in [0.15, 0.2) is 0 Å². The summed E-state index contributed by atoms with van der Waals surface area (Å²) in [7, 11) is 0. The van der Waals surface area contributed by atoms with Crippen molar-refractivity contribution in [2.45, 2.75) is 44.6 Å². The third-order valence-corrected chi connectivity index (χ3v) is 4.40. The number of rotatable bonds is 4. The summed E-state index contributed by atoms with van der Waals surface area (Å²) in [6.07, 6.45) is 6.54. The van der Waals surface area contributed by atoms with Gasteiger partial charge < -0.3 is 10.4 Å². The molecule has 0 aromatic rings. The Morgan fingerprint density at radius 1 is 1.25 bits per heavy atom. The highest BCUT2D eigenvalue weighted by atomic mass is 16.3. The predicted octanol–water partition coefficient (Wildman–Crippen LogP) is 1.22. The number of nitrogens with zero attached hydrogens (tertiary/aromatic N) is 1. The van der Waals surface area contributed by atoms with Gasteiger partial charge in [-0.2, -0.15) is 0 Å². The van der Waals surface area contributed by atoms with Gasteiger partial charge in [0.25, 0.3) is 0 Å². The second kappa shape index (κ2) is 5.48. The van der Waals surface area contributed by atoms with Crippen LogP contribution in [-0.4, -0.2) is 48.3 Å². The van der Waals surface area contributed by atoms with Gasteiger partial charge in [-0.1, -0.05) is 19.3 Å². The Balaban J connectivity index is 1.93. The molecule has 0 bridgehead atoms. The van der Waals surface area contributed by atoms with Crippen LogP contribution in [-0.2, 0) is 0 Å². The topological polar surface area (TPSA) is 35.5 Å². The molecule has 16 heavy (non-hydrogen) atoms. The van der Waals surface area contributed by atoms with E-state index in [0.717, 1.165) is 32.1 Å². The van der Waals surface area contributed by atoms with Crippen molar-refractivity contribution < 1.29 is 5.11 Å². The first kappa shape index (κ1) is 12.3. The zero-order chi connectivity index (χ0) is 11.4. The molecule has 0 amide bonds. The van der Waals surface area contributed by atoms with E-state index in [4.69, 9.17) is 0 Å². The summed E-state index contributed by atoms with van der Waals surface area (Å²) in [5.41, 5.74) is 0.0249. The molecule has 3 nitrogen and oxygen atoms in total. The summed E-state index contributed by atoms with van der Waals surface area (Å²) < 4.78 is 0. The molecule has 1 saturated carbocycles. The van der Waals surface area contributed by atoms with Gasteiger partial charge in [-0.15, -0.1) is 0 Å². The summed E-state index contributed by atoms with van der Waals surface area (Å²) in [6, 6.07) is 0. The SMILES string of the molecule is CC(CO)(CC1CCC1)N1CCCNCC1. The normalized spacial score (nSPS) is 28.1. The molecule has 2 rings (SSSR count). The molecule has 2 N–H and O–H groups in total. The lowest BCUT2D eigenvalue weighted by atomic mass is 9.76. The van der Waals surface area contributed by atoms with Gasteiger partial charge in [0.15, 0.2) is 0 Å². The Hall–Kier alpha value is -0.120. The van der Waals surface area contributed by atoms with Crippen LogP contribution < -0.4 is 5.32 Å². The minimum atomic E-state index is 0.0249. The molecule has 1 aliphatic carbocycles. The zero-order valence-corrected chi connectivity index (χ0v) is 10.5. The van der Waals surface area contributed by atoms with Crippen LogP contribution in [0.2, 0.25) is 0 Å².